The first-order valence-electron chi connectivity index (χ1n) is 18.7. The molecular weight excluding hydrogens is 488 g/mol. The van der Waals surface area contributed by atoms with Gasteiger partial charge in [0.1, 0.15) is 0 Å². The predicted octanol–water partition coefficient (Wildman–Crippen LogP) is 9.81. The molecule has 6 aliphatic rings. The van der Waals surface area contributed by atoms with Crippen LogP contribution in [0.5, 0.6) is 0 Å². The van der Waals surface area contributed by atoms with Crippen LogP contribution in [0.3, 0.4) is 0 Å². The van der Waals surface area contributed by atoms with Gasteiger partial charge in [0.15, 0.2) is 0 Å². The van der Waals surface area contributed by atoms with Crippen LogP contribution in [0.25, 0.3) is 0 Å². The summed E-state index contributed by atoms with van der Waals surface area (Å²) >= 11 is 0. The van der Waals surface area contributed by atoms with E-state index in [1.54, 1.807) is 0 Å². The smallest absolute Gasteiger partial charge is 0.0729 e. The van der Waals surface area contributed by atoms with Gasteiger partial charge >= 0.3 is 0 Å². The summed E-state index contributed by atoms with van der Waals surface area (Å²) in [4.78, 5) is 0. The Kier molecular flexibility index (Phi) is 9.09. The van der Waals surface area contributed by atoms with E-state index in [1.165, 1.54) is 116 Å². The maximum absolute atomic E-state index is 12.6. The average Bonchev–Trinajstić information content (AvgIpc) is 3.45. The van der Waals surface area contributed by atoms with E-state index in [1.807, 2.05) is 0 Å². The Labute approximate surface area is 248 Å². The summed E-state index contributed by atoms with van der Waals surface area (Å²) in [7, 11) is 0. The molecule has 0 aromatic rings. The highest BCUT2D eigenvalue weighted by Crippen LogP contribution is 2.62. The van der Waals surface area contributed by atoms with Crippen molar-refractivity contribution >= 4 is 0 Å². The Morgan fingerprint density at radius 3 is 1.20 bits per heavy atom. The van der Waals surface area contributed by atoms with Crippen molar-refractivity contribution in [2.45, 2.75) is 167 Å². The molecule has 0 saturated heterocycles. The second kappa shape index (κ2) is 12.1. The lowest BCUT2D eigenvalue weighted by Crippen LogP contribution is -2.49. The van der Waals surface area contributed by atoms with Crippen LogP contribution in [0.1, 0.15) is 156 Å². The summed E-state index contributed by atoms with van der Waals surface area (Å²) in [6, 6.07) is 0. The second-order valence-corrected chi connectivity index (χ2v) is 17.1. The molecule has 0 aliphatic heterocycles. The maximum atomic E-state index is 12.6. The number of hydrogen-bond donors (Lipinski definition) is 2. The minimum atomic E-state index is -0.496. The van der Waals surface area contributed by atoms with E-state index in [-0.39, 0.29) is 0 Å². The van der Waals surface area contributed by atoms with Crippen LogP contribution in [0.15, 0.2) is 0 Å². The topological polar surface area (TPSA) is 40.5 Å². The summed E-state index contributed by atoms with van der Waals surface area (Å²) in [5.74, 6) is 7.66. The maximum Gasteiger partial charge on any atom is 0.0729 e. The van der Waals surface area contributed by atoms with Crippen LogP contribution < -0.4 is 0 Å². The SMILES string of the molecule is CC(C)C1(O)C(CCC2CC3C(C4CCCCC4)CCCC3C2(O)C(C)C)CC2C(C3CCCCC3)CCCC21. The predicted molar refractivity (Wildman–Crippen MR) is 167 cm³/mol. The van der Waals surface area contributed by atoms with Gasteiger partial charge < -0.3 is 10.2 Å². The minimum absolute atomic E-state index is 0.337. The van der Waals surface area contributed by atoms with E-state index in [0.29, 0.717) is 35.5 Å². The molecule has 6 saturated carbocycles. The number of hydrogen-bond acceptors (Lipinski definition) is 2. The lowest BCUT2D eigenvalue weighted by molar-refractivity contribution is -0.110. The molecule has 10 atom stereocenters. The van der Waals surface area contributed by atoms with Gasteiger partial charge in [-0.3, -0.25) is 0 Å². The summed E-state index contributed by atoms with van der Waals surface area (Å²) < 4.78 is 0. The largest absolute Gasteiger partial charge is 0.389 e. The highest BCUT2D eigenvalue weighted by Gasteiger charge is 2.61. The third-order valence-corrected chi connectivity index (χ3v) is 15.1. The first-order valence-corrected chi connectivity index (χ1v) is 18.7. The van der Waals surface area contributed by atoms with E-state index >= 15 is 0 Å². The van der Waals surface area contributed by atoms with Crippen LogP contribution in [-0.2, 0) is 0 Å². The monoisotopic (exact) mass is 555 g/mol. The quantitative estimate of drug-likeness (QED) is 0.329. The van der Waals surface area contributed by atoms with Gasteiger partial charge in [-0.25, -0.2) is 0 Å². The van der Waals surface area contributed by atoms with Gasteiger partial charge in [0.25, 0.3) is 0 Å². The van der Waals surface area contributed by atoms with Crippen molar-refractivity contribution in [2.75, 3.05) is 0 Å². The molecule has 0 bridgehead atoms. The van der Waals surface area contributed by atoms with Gasteiger partial charge in [-0.1, -0.05) is 105 Å². The van der Waals surface area contributed by atoms with Crippen LogP contribution in [0.2, 0.25) is 0 Å². The molecule has 0 aromatic heterocycles. The average molecular weight is 555 g/mol. The Hall–Kier alpha value is -0.0800. The molecule has 0 spiro atoms. The first kappa shape index (κ1) is 30.0. The normalized spacial score (nSPS) is 47.1. The standard InChI is InChI=1S/C38H66O2/c1-25(2)37(39)29(23-33-31(17-11-19-35(33)37)27-13-7-5-8-14-27)21-22-30-24-34-32(28-15-9-6-10-16-28)18-12-20-36(34)38(30,40)26(3)4/h25-36,39-40H,5-24H2,1-4H3. The molecule has 2 heteroatoms. The highest BCUT2D eigenvalue weighted by molar-refractivity contribution is 5.11. The van der Waals surface area contributed by atoms with Crippen molar-refractivity contribution in [2.24, 2.45) is 71.0 Å². The van der Waals surface area contributed by atoms with Gasteiger partial charge in [-0.05, 0) is 122 Å². The molecule has 230 valence electrons. The number of fused-ring (bicyclic) bond motifs is 2. The molecule has 6 rings (SSSR count). The van der Waals surface area contributed by atoms with Crippen LogP contribution in [0.4, 0.5) is 0 Å². The Balaban J connectivity index is 1.20. The Morgan fingerprint density at radius 2 is 0.850 bits per heavy atom. The molecule has 0 amide bonds. The molecule has 2 N–H and O–H groups in total. The van der Waals surface area contributed by atoms with Crippen LogP contribution in [-0.4, -0.2) is 21.4 Å². The number of aliphatic hydroxyl groups is 2. The minimum Gasteiger partial charge on any atom is -0.389 e. The van der Waals surface area contributed by atoms with Crippen molar-refractivity contribution in [1.29, 1.82) is 0 Å². The van der Waals surface area contributed by atoms with E-state index < -0.39 is 11.2 Å². The van der Waals surface area contributed by atoms with Crippen molar-refractivity contribution in [3.8, 4) is 0 Å². The third-order valence-electron chi connectivity index (χ3n) is 15.1. The molecule has 0 heterocycles. The summed E-state index contributed by atoms with van der Waals surface area (Å²) in [5, 5.41) is 25.2. The molecule has 6 fully saturated rings. The van der Waals surface area contributed by atoms with Gasteiger partial charge in [-0.15, -0.1) is 0 Å². The Bertz CT molecular complexity index is 755. The van der Waals surface area contributed by atoms with Crippen molar-refractivity contribution in [1.82, 2.24) is 0 Å². The van der Waals surface area contributed by atoms with Gasteiger partial charge in [0, 0.05) is 0 Å². The zero-order valence-corrected chi connectivity index (χ0v) is 27.0. The highest BCUT2D eigenvalue weighted by atomic mass is 16.3. The Morgan fingerprint density at radius 1 is 0.475 bits per heavy atom. The second-order valence-electron chi connectivity index (χ2n) is 17.1. The van der Waals surface area contributed by atoms with Crippen molar-refractivity contribution in [3.05, 3.63) is 0 Å². The van der Waals surface area contributed by atoms with E-state index in [9.17, 15) is 10.2 Å². The first-order chi connectivity index (χ1) is 19.3. The van der Waals surface area contributed by atoms with Gasteiger partial charge in [0.2, 0.25) is 0 Å². The molecule has 10 unspecified atom stereocenters. The summed E-state index contributed by atoms with van der Waals surface area (Å²) in [6.07, 6.45) is 27.3. The molecule has 0 radical (unpaired) electrons. The van der Waals surface area contributed by atoms with Crippen molar-refractivity contribution < 1.29 is 10.2 Å². The number of rotatable bonds is 7. The van der Waals surface area contributed by atoms with Crippen molar-refractivity contribution in [3.63, 3.8) is 0 Å². The fourth-order valence-corrected chi connectivity index (χ4v) is 13.3. The fraction of sp³-hybridized carbons (Fsp3) is 1.00. The lowest BCUT2D eigenvalue weighted by Gasteiger charge is -2.46. The lowest BCUT2D eigenvalue weighted by atomic mass is 9.62. The van der Waals surface area contributed by atoms with E-state index in [4.69, 9.17) is 0 Å². The van der Waals surface area contributed by atoms with Gasteiger partial charge in [-0.2, -0.15) is 0 Å². The molecule has 40 heavy (non-hydrogen) atoms. The molecular formula is C38H66O2. The zero-order chi connectivity index (χ0) is 28.1. The molecule has 2 nitrogen and oxygen atoms in total. The van der Waals surface area contributed by atoms with Crippen LogP contribution >= 0.6 is 0 Å². The van der Waals surface area contributed by atoms with E-state index in [2.05, 4.69) is 27.7 Å². The molecule has 0 aromatic carbocycles. The van der Waals surface area contributed by atoms with Gasteiger partial charge in [0.05, 0.1) is 11.2 Å². The fourth-order valence-electron chi connectivity index (χ4n) is 13.3. The van der Waals surface area contributed by atoms with Crippen LogP contribution in [0, 0.1) is 71.0 Å². The third kappa shape index (κ3) is 5.08. The molecule has 6 aliphatic carbocycles. The van der Waals surface area contributed by atoms with E-state index in [0.717, 1.165) is 48.3 Å². The summed E-state index contributed by atoms with van der Waals surface area (Å²) in [6.45, 7) is 9.29. The zero-order valence-electron chi connectivity index (χ0n) is 27.0. The summed E-state index contributed by atoms with van der Waals surface area (Å²) in [5.41, 5.74) is -0.992.